The standard InChI is InChI=1S/C13H9N5OS/c19-12(10-7-15-5-6-16-10)18-13-17-11(8-20-13)9-1-3-14-4-2-9/h1-8H,(H,17,18,19). The number of nitrogens with zero attached hydrogens (tertiary/aromatic N) is 4. The number of rotatable bonds is 3. The van der Waals surface area contributed by atoms with Crippen LogP contribution in [0.15, 0.2) is 48.5 Å². The van der Waals surface area contributed by atoms with Crippen LogP contribution in [0.4, 0.5) is 5.13 Å². The van der Waals surface area contributed by atoms with Crippen LogP contribution in [0, 0.1) is 0 Å². The summed E-state index contributed by atoms with van der Waals surface area (Å²) in [5, 5.41) is 5.10. The first-order valence-corrected chi connectivity index (χ1v) is 6.64. The zero-order valence-electron chi connectivity index (χ0n) is 10.2. The normalized spacial score (nSPS) is 10.2. The molecule has 0 atom stereocenters. The number of amides is 1. The highest BCUT2D eigenvalue weighted by Crippen LogP contribution is 2.24. The molecule has 20 heavy (non-hydrogen) atoms. The molecule has 0 fully saturated rings. The second-order valence-electron chi connectivity index (χ2n) is 3.82. The minimum absolute atomic E-state index is 0.258. The van der Waals surface area contributed by atoms with Crippen LogP contribution in [0.25, 0.3) is 11.3 Å². The molecule has 0 saturated carbocycles. The van der Waals surface area contributed by atoms with Crippen LogP contribution in [0.1, 0.15) is 10.5 Å². The Morgan fingerprint density at radius 3 is 2.70 bits per heavy atom. The highest BCUT2D eigenvalue weighted by Gasteiger charge is 2.10. The van der Waals surface area contributed by atoms with E-state index >= 15 is 0 Å². The Morgan fingerprint density at radius 1 is 1.10 bits per heavy atom. The van der Waals surface area contributed by atoms with Gasteiger partial charge in [-0.15, -0.1) is 11.3 Å². The molecule has 0 aliphatic rings. The van der Waals surface area contributed by atoms with Crippen molar-refractivity contribution in [2.24, 2.45) is 0 Å². The molecule has 0 spiro atoms. The molecule has 0 radical (unpaired) electrons. The third-order valence-electron chi connectivity index (χ3n) is 2.50. The summed E-state index contributed by atoms with van der Waals surface area (Å²) >= 11 is 1.36. The van der Waals surface area contributed by atoms with Crippen molar-refractivity contribution in [3.05, 3.63) is 54.2 Å². The van der Waals surface area contributed by atoms with Gasteiger partial charge in [-0.1, -0.05) is 0 Å². The molecular formula is C13H9N5OS. The fraction of sp³-hybridized carbons (Fsp3) is 0. The van der Waals surface area contributed by atoms with E-state index in [-0.39, 0.29) is 11.6 Å². The van der Waals surface area contributed by atoms with Crippen molar-refractivity contribution in [1.29, 1.82) is 0 Å². The van der Waals surface area contributed by atoms with Crippen LogP contribution in [0.2, 0.25) is 0 Å². The van der Waals surface area contributed by atoms with E-state index in [2.05, 4.69) is 25.3 Å². The average Bonchev–Trinajstić information content (AvgIpc) is 2.97. The zero-order valence-corrected chi connectivity index (χ0v) is 11.0. The topological polar surface area (TPSA) is 80.7 Å². The van der Waals surface area contributed by atoms with Crippen molar-refractivity contribution in [2.75, 3.05) is 5.32 Å². The van der Waals surface area contributed by atoms with Crippen molar-refractivity contribution >= 4 is 22.4 Å². The molecule has 3 aromatic heterocycles. The van der Waals surface area contributed by atoms with E-state index in [0.717, 1.165) is 11.3 Å². The van der Waals surface area contributed by atoms with Crippen molar-refractivity contribution in [3.63, 3.8) is 0 Å². The van der Waals surface area contributed by atoms with Gasteiger partial charge in [0.25, 0.3) is 5.91 Å². The number of nitrogens with one attached hydrogen (secondary N) is 1. The summed E-state index contributed by atoms with van der Waals surface area (Å²) in [4.78, 5) is 28.0. The summed E-state index contributed by atoms with van der Waals surface area (Å²) in [7, 11) is 0. The minimum atomic E-state index is -0.325. The Balaban J connectivity index is 1.77. The summed E-state index contributed by atoms with van der Waals surface area (Å²) in [6.45, 7) is 0. The maximum absolute atomic E-state index is 11.9. The molecule has 0 aromatic carbocycles. The predicted octanol–water partition coefficient (Wildman–Crippen LogP) is 2.25. The summed E-state index contributed by atoms with van der Waals surface area (Å²) in [6.07, 6.45) is 7.80. The molecule has 7 heteroatoms. The molecule has 0 saturated heterocycles. The summed E-state index contributed by atoms with van der Waals surface area (Å²) in [5.41, 5.74) is 2.01. The fourth-order valence-electron chi connectivity index (χ4n) is 1.56. The lowest BCUT2D eigenvalue weighted by molar-refractivity contribution is 0.102. The van der Waals surface area contributed by atoms with Gasteiger partial charge in [0.2, 0.25) is 0 Å². The lowest BCUT2D eigenvalue weighted by atomic mass is 10.2. The Labute approximate surface area is 118 Å². The zero-order chi connectivity index (χ0) is 13.8. The van der Waals surface area contributed by atoms with Gasteiger partial charge >= 0.3 is 0 Å². The van der Waals surface area contributed by atoms with Gasteiger partial charge in [-0.05, 0) is 12.1 Å². The first kappa shape index (κ1) is 12.4. The number of thiazole rings is 1. The Hall–Kier alpha value is -2.67. The van der Waals surface area contributed by atoms with Crippen molar-refractivity contribution in [3.8, 4) is 11.3 Å². The Bertz CT molecular complexity index is 714. The molecule has 6 nitrogen and oxygen atoms in total. The average molecular weight is 283 g/mol. The van der Waals surface area contributed by atoms with Gasteiger partial charge in [-0.3, -0.25) is 20.1 Å². The van der Waals surface area contributed by atoms with Gasteiger partial charge in [-0.25, -0.2) is 9.97 Å². The summed E-state index contributed by atoms with van der Waals surface area (Å²) in [6, 6.07) is 3.73. The molecule has 3 aromatic rings. The van der Waals surface area contributed by atoms with E-state index in [4.69, 9.17) is 0 Å². The highest BCUT2D eigenvalue weighted by atomic mass is 32.1. The monoisotopic (exact) mass is 283 g/mol. The van der Waals surface area contributed by atoms with Crippen LogP contribution in [0.3, 0.4) is 0 Å². The second kappa shape index (κ2) is 5.54. The number of hydrogen-bond acceptors (Lipinski definition) is 6. The van der Waals surface area contributed by atoms with E-state index < -0.39 is 0 Å². The largest absolute Gasteiger partial charge is 0.296 e. The quantitative estimate of drug-likeness (QED) is 0.797. The number of carbonyl (C=O) groups excluding carboxylic acids is 1. The number of anilines is 1. The molecule has 0 unspecified atom stereocenters. The van der Waals surface area contributed by atoms with Crippen LogP contribution >= 0.6 is 11.3 Å². The molecule has 1 N–H and O–H groups in total. The SMILES string of the molecule is O=C(Nc1nc(-c2ccncc2)cs1)c1cnccn1. The number of pyridine rings is 1. The minimum Gasteiger partial charge on any atom is -0.296 e. The lowest BCUT2D eigenvalue weighted by Crippen LogP contribution is -2.13. The number of carbonyl (C=O) groups is 1. The fourth-order valence-corrected chi connectivity index (χ4v) is 2.28. The summed E-state index contributed by atoms with van der Waals surface area (Å²) in [5.74, 6) is -0.325. The van der Waals surface area contributed by atoms with Crippen LogP contribution in [-0.4, -0.2) is 25.8 Å². The van der Waals surface area contributed by atoms with Crippen LogP contribution < -0.4 is 5.32 Å². The number of aromatic nitrogens is 4. The van der Waals surface area contributed by atoms with Gasteiger partial charge in [0.15, 0.2) is 5.13 Å². The molecule has 98 valence electrons. The van der Waals surface area contributed by atoms with Gasteiger partial charge in [0.05, 0.1) is 11.9 Å². The smallest absolute Gasteiger partial charge is 0.277 e. The van der Waals surface area contributed by atoms with E-state index in [1.165, 1.54) is 29.9 Å². The predicted molar refractivity (Wildman–Crippen MR) is 75.3 cm³/mol. The van der Waals surface area contributed by atoms with Crippen molar-refractivity contribution < 1.29 is 4.79 Å². The van der Waals surface area contributed by atoms with E-state index in [1.54, 1.807) is 12.4 Å². The summed E-state index contributed by atoms with van der Waals surface area (Å²) < 4.78 is 0. The number of hydrogen-bond donors (Lipinski definition) is 1. The van der Waals surface area contributed by atoms with Gasteiger partial charge in [-0.2, -0.15) is 0 Å². The van der Waals surface area contributed by atoms with Crippen molar-refractivity contribution in [2.45, 2.75) is 0 Å². The molecule has 1 amide bonds. The van der Waals surface area contributed by atoms with Gasteiger partial charge in [0, 0.05) is 35.7 Å². The lowest BCUT2D eigenvalue weighted by Gasteiger charge is -1.99. The van der Waals surface area contributed by atoms with Crippen LogP contribution in [0.5, 0.6) is 0 Å². The van der Waals surface area contributed by atoms with E-state index in [0.29, 0.717) is 5.13 Å². The molecule has 3 rings (SSSR count). The third kappa shape index (κ3) is 2.67. The third-order valence-corrected chi connectivity index (χ3v) is 3.25. The molecule has 0 bridgehead atoms. The van der Waals surface area contributed by atoms with E-state index in [9.17, 15) is 4.79 Å². The molecule has 0 aliphatic heterocycles. The van der Waals surface area contributed by atoms with Gasteiger partial charge in [0.1, 0.15) is 5.69 Å². The maximum Gasteiger partial charge on any atom is 0.277 e. The Kier molecular flexibility index (Phi) is 3.42. The van der Waals surface area contributed by atoms with Crippen molar-refractivity contribution in [1.82, 2.24) is 19.9 Å². The van der Waals surface area contributed by atoms with Gasteiger partial charge < -0.3 is 0 Å². The highest BCUT2D eigenvalue weighted by molar-refractivity contribution is 7.14. The van der Waals surface area contributed by atoms with E-state index in [1.807, 2.05) is 17.5 Å². The molecular weight excluding hydrogens is 274 g/mol. The molecule has 3 heterocycles. The first-order chi connectivity index (χ1) is 9.83. The first-order valence-electron chi connectivity index (χ1n) is 5.76. The van der Waals surface area contributed by atoms with Crippen LogP contribution in [-0.2, 0) is 0 Å². The second-order valence-corrected chi connectivity index (χ2v) is 4.68. The maximum atomic E-state index is 11.9. The molecule has 0 aliphatic carbocycles. The Morgan fingerprint density at radius 2 is 1.95 bits per heavy atom.